The van der Waals surface area contributed by atoms with E-state index < -0.39 is 4.70 Å². The maximum Gasteiger partial charge on any atom is 0.252 e. The molecule has 2 nitrogen and oxygen atoms in total. The lowest BCUT2D eigenvalue weighted by Crippen LogP contribution is -2.14. The molecular formula is C8H7BrO2. The van der Waals surface area contributed by atoms with Crippen LogP contribution in [0.25, 0.3) is 0 Å². The van der Waals surface area contributed by atoms with Gasteiger partial charge in [0.15, 0.2) is 0 Å². The molecule has 1 aromatic rings. The molecule has 0 saturated carbocycles. The number of ether oxygens (including phenoxy) is 1. The molecule has 3 heteroatoms. The van der Waals surface area contributed by atoms with Gasteiger partial charge in [0.2, 0.25) is 0 Å². The molecule has 1 atom stereocenters. The highest BCUT2D eigenvalue weighted by Crippen LogP contribution is 2.38. The van der Waals surface area contributed by atoms with Gasteiger partial charge in [-0.3, -0.25) is 0 Å². The van der Waals surface area contributed by atoms with Gasteiger partial charge in [-0.1, -0.05) is 24.3 Å². The average Bonchev–Trinajstić information content (AvgIpc) is 2.29. The van der Waals surface area contributed by atoms with Gasteiger partial charge in [-0.15, -0.1) is 0 Å². The maximum absolute atomic E-state index is 9.54. The Kier molecular flexibility index (Phi) is 1.52. The summed E-state index contributed by atoms with van der Waals surface area (Å²) in [6.07, 6.45) is 0. The van der Waals surface area contributed by atoms with E-state index in [-0.39, 0.29) is 0 Å². The standard InChI is InChI=1S/C8H7BrO2/c9-8(10)7-4-2-1-3-6(7)5-11-8/h1-4,10H,5H2. The Balaban J connectivity index is 2.56. The van der Waals surface area contributed by atoms with E-state index in [2.05, 4.69) is 15.9 Å². The number of rotatable bonds is 0. The van der Waals surface area contributed by atoms with Crippen LogP contribution in [0.1, 0.15) is 11.1 Å². The minimum Gasteiger partial charge on any atom is -0.353 e. The third-order valence-electron chi connectivity index (χ3n) is 1.77. The highest BCUT2D eigenvalue weighted by Gasteiger charge is 2.34. The van der Waals surface area contributed by atoms with Crippen molar-refractivity contribution in [3.05, 3.63) is 35.4 Å². The Morgan fingerprint density at radius 1 is 1.45 bits per heavy atom. The zero-order chi connectivity index (χ0) is 7.90. The summed E-state index contributed by atoms with van der Waals surface area (Å²) >= 11 is 3.07. The minimum absolute atomic E-state index is 0.470. The summed E-state index contributed by atoms with van der Waals surface area (Å²) in [5.74, 6) is 0. The molecule has 1 aliphatic heterocycles. The molecule has 1 heterocycles. The molecule has 0 radical (unpaired) electrons. The fourth-order valence-electron chi connectivity index (χ4n) is 1.20. The third kappa shape index (κ3) is 1.09. The van der Waals surface area contributed by atoms with Crippen LogP contribution >= 0.6 is 15.9 Å². The molecule has 0 aliphatic carbocycles. The lowest BCUT2D eigenvalue weighted by atomic mass is 10.1. The molecule has 1 aliphatic rings. The van der Waals surface area contributed by atoms with Crippen molar-refractivity contribution in [1.82, 2.24) is 0 Å². The van der Waals surface area contributed by atoms with Crippen molar-refractivity contribution in [2.75, 3.05) is 0 Å². The first-order valence-corrected chi connectivity index (χ1v) is 4.13. The molecule has 1 N–H and O–H groups in total. The number of alkyl halides is 1. The fraction of sp³-hybridized carbons (Fsp3) is 0.250. The van der Waals surface area contributed by atoms with Crippen LogP contribution in [0.4, 0.5) is 0 Å². The van der Waals surface area contributed by atoms with E-state index in [0.717, 1.165) is 11.1 Å². The molecule has 11 heavy (non-hydrogen) atoms. The van der Waals surface area contributed by atoms with Crippen molar-refractivity contribution in [3.8, 4) is 0 Å². The van der Waals surface area contributed by atoms with Gasteiger partial charge in [0, 0.05) is 5.56 Å². The van der Waals surface area contributed by atoms with E-state index in [4.69, 9.17) is 4.74 Å². The number of aliphatic hydroxyl groups is 1. The van der Waals surface area contributed by atoms with Crippen LogP contribution in [-0.4, -0.2) is 5.11 Å². The maximum atomic E-state index is 9.54. The van der Waals surface area contributed by atoms with Gasteiger partial charge in [-0.2, -0.15) is 0 Å². The van der Waals surface area contributed by atoms with Crippen LogP contribution in [0, 0.1) is 0 Å². The first-order chi connectivity index (χ1) is 5.20. The van der Waals surface area contributed by atoms with Crippen LogP contribution in [0.15, 0.2) is 24.3 Å². The summed E-state index contributed by atoms with van der Waals surface area (Å²) in [6.45, 7) is 0.470. The van der Waals surface area contributed by atoms with Crippen LogP contribution in [-0.2, 0) is 16.0 Å². The second kappa shape index (κ2) is 2.30. The van der Waals surface area contributed by atoms with Gasteiger partial charge >= 0.3 is 0 Å². The third-order valence-corrected chi connectivity index (χ3v) is 2.42. The number of hydrogen-bond donors (Lipinski definition) is 1. The predicted molar refractivity (Wildman–Crippen MR) is 44.1 cm³/mol. The van der Waals surface area contributed by atoms with Gasteiger partial charge in [-0.25, -0.2) is 0 Å². The van der Waals surface area contributed by atoms with Gasteiger partial charge in [-0.05, 0) is 21.5 Å². The molecule has 0 bridgehead atoms. The van der Waals surface area contributed by atoms with Crippen LogP contribution in [0.5, 0.6) is 0 Å². The summed E-state index contributed by atoms with van der Waals surface area (Å²) in [7, 11) is 0. The average molecular weight is 215 g/mol. The molecule has 1 aromatic carbocycles. The van der Waals surface area contributed by atoms with Crippen LogP contribution in [0.3, 0.4) is 0 Å². The second-order valence-electron chi connectivity index (χ2n) is 2.51. The fourth-order valence-corrected chi connectivity index (χ4v) is 1.70. The lowest BCUT2D eigenvalue weighted by Gasteiger charge is -2.13. The van der Waals surface area contributed by atoms with Crippen LogP contribution in [0.2, 0.25) is 0 Å². The van der Waals surface area contributed by atoms with E-state index in [1.165, 1.54) is 0 Å². The Bertz CT molecular complexity index is 283. The molecule has 2 rings (SSSR count). The molecule has 1 unspecified atom stereocenters. The van der Waals surface area contributed by atoms with Crippen molar-refractivity contribution >= 4 is 15.9 Å². The highest BCUT2D eigenvalue weighted by atomic mass is 79.9. The first kappa shape index (κ1) is 7.28. The van der Waals surface area contributed by atoms with Gasteiger partial charge < -0.3 is 9.84 Å². The van der Waals surface area contributed by atoms with Crippen molar-refractivity contribution in [2.45, 2.75) is 11.3 Å². The van der Waals surface area contributed by atoms with Gasteiger partial charge in [0.1, 0.15) is 0 Å². The Morgan fingerprint density at radius 2 is 2.18 bits per heavy atom. The van der Waals surface area contributed by atoms with E-state index in [1.807, 2.05) is 24.3 Å². The highest BCUT2D eigenvalue weighted by molar-refractivity contribution is 9.09. The smallest absolute Gasteiger partial charge is 0.252 e. The Morgan fingerprint density at radius 3 is 2.91 bits per heavy atom. The molecule has 0 aromatic heterocycles. The van der Waals surface area contributed by atoms with E-state index in [1.54, 1.807) is 0 Å². The molecule has 0 fully saturated rings. The predicted octanol–water partition coefficient (Wildman–Crippen LogP) is 1.71. The summed E-state index contributed by atoms with van der Waals surface area (Å²) in [5, 5.41) is 9.54. The number of halogens is 1. The zero-order valence-corrected chi connectivity index (χ0v) is 7.34. The SMILES string of the molecule is OC1(Br)OCc2ccccc21. The molecular weight excluding hydrogens is 208 g/mol. The van der Waals surface area contributed by atoms with E-state index in [9.17, 15) is 5.11 Å². The number of hydrogen-bond acceptors (Lipinski definition) is 2. The quantitative estimate of drug-likeness (QED) is 0.667. The van der Waals surface area contributed by atoms with Crippen molar-refractivity contribution < 1.29 is 9.84 Å². The normalized spacial score (nSPS) is 28.5. The molecule has 0 amide bonds. The van der Waals surface area contributed by atoms with Crippen molar-refractivity contribution in [3.63, 3.8) is 0 Å². The second-order valence-corrected chi connectivity index (χ2v) is 3.58. The monoisotopic (exact) mass is 214 g/mol. The number of fused-ring (bicyclic) bond motifs is 1. The van der Waals surface area contributed by atoms with Gasteiger partial charge in [0.25, 0.3) is 4.70 Å². The minimum atomic E-state index is -1.26. The summed E-state index contributed by atoms with van der Waals surface area (Å²) < 4.78 is 3.82. The topological polar surface area (TPSA) is 29.5 Å². The van der Waals surface area contributed by atoms with Gasteiger partial charge in [0.05, 0.1) is 6.61 Å². The first-order valence-electron chi connectivity index (χ1n) is 3.34. The van der Waals surface area contributed by atoms with Crippen molar-refractivity contribution in [1.29, 1.82) is 0 Å². The summed E-state index contributed by atoms with van der Waals surface area (Å²) in [5.41, 5.74) is 1.84. The zero-order valence-electron chi connectivity index (χ0n) is 5.75. The lowest BCUT2D eigenvalue weighted by molar-refractivity contribution is -0.120. The largest absolute Gasteiger partial charge is 0.353 e. The molecule has 0 spiro atoms. The van der Waals surface area contributed by atoms with E-state index >= 15 is 0 Å². The van der Waals surface area contributed by atoms with Crippen molar-refractivity contribution in [2.24, 2.45) is 0 Å². The number of benzene rings is 1. The summed E-state index contributed by atoms with van der Waals surface area (Å²) in [6, 6.07) is 7.59. The Hall–Kier alpha value is -0.380. The van der Waals surface area contributed by atoms with Crippen LogP contribution < -0.4 is 0 Å². The molecule has 0 saturated heterocycles. The van der Waals surface area contributed by atoms with E-state index in [0.29, 0.717) is 6.61 Å². The summed E-state index contributed by atoms with van der Waals surface area (Å²) in [4.78, 5) is 0. The Labute approximate surface area is 72.9 Å². The molecule has 58 valence electrons.